The summed E-state index contributed by atoms with van der Waals surface area (Å²) in [4.78, 5) is 13.8. The van der Waals surface area contributed by atoms with Gasteiger partial charge >= 0.3 is 0 Å². The van der Waals surface area contributed by atoms with Crippen LogP contribution in [0.2, 0.25) is 0 Å². The summed E-state index contributed by atoms with van der Waals surface area (Å²) in [5.74, 6) is 2.10. The van der Waals surface area contributed by atoms with Gasteiger partial charge in [-0.2, -0.15) is 0 Å². The number of nitrogens with zero attached hydrogens (tertiary/aromatic N) is 1. The number of carbonyl (C=O) groups excluding carboxylic acids is 1. The van der Waals surface area contributed by atoms with Gasteiger partial charge in [0.1, 0.15) is 11.5 Å². The number of para-hydroxylation sites is 1. The zero-order chi connectivity index (χ0) is 15.4. The van der Waals surface area contributed by atoms with E-state index in [1.165, 1.54) is 0 Å². The molecule has 1 heterocycles. The van der Waals surface area contributed by atoms with Crippen LogP contribution >= 0.6 is 0 Å². The van der Waals surface area contributed by atoms with Crippen LogP contribution in [0.1, 0.15) is 12.0 Å². The number of ether oxygens (including phenoxy) is 1. The summed E-state index contributed by atoms with van der Waals surface area (Å²) in [6, 6.07) is 17.6. The molecule has 3 rings (SSSR count). The Balaban J connectivity index is 1.62. The Morgan fingerprint density at radius 3 is 2.41 bits per heavy atom. The van der Waals surface area contributed by atoms with E-state index in [-0.39, 0.29) is 11.8 Å². The molecule has 0 bridgehead atoms. The lowest BCUT2D eigenvalue weighted by Gasteiger charge is -2.16. The molecule has 2 aromatic rings. The topological polar surface area (TPSA) is 29.5 Å². The molecular formula is C19H19NO2. The Hall–Kier alpha value is -2.55. The predicted molar refractivity (Wildman–Crippen MR) is 86.7 cm³/mol. The molecule has 1 fully saturated rings. The molecular weight excluding hydrogens is 274 g/mol. The molecule has 22 heavy (non-hydrogen) atoms. The summed E-state index contributed by atoms with van der Waals surface area (Å²) in [6.45, 7) is 5.19. The molecule has 3 heteroatoms. The maximum atomic E-state index is 11.9. The average Bonchev–Trinajstić information content (AvgIpc) is 2.90. The maximum absolute atomic E-state index is 11.9. The third kappa shape index (κ3) is 3.37. The van der Waals surface area contributed by atoms with Crippen LogP contribution in [0.3, 0.4) is 0 Å². The zero-order valence-corrected chi connectivity index (χ0v) is 12.4. The average molecular weight is 293 g/mol. The fraction of sp³-hybridized carbons (Fsp3) is 0.211. The number of amides is 1. The molecule has 1 saturated heterocycles. The van der Waals surface area contributed by atoms with Gasteiger partial charge in [-0.3, -0.25) is 4.79 Å². The van der Waals surface area contributed by atoms with E-state index in [0.29, 0.717) is 13.0 Å². The Morgan fingerprint density at radius 2 is 1.77 bits per heavy atom. The van der Waals surface area contributed by atoms with Crippen LogP contribution in [-0.2, 0) is 11.3 Å². The van der Waals surface area contributed by atoms with Crippen molar-refractivity contribution < 1.29 is 9.53 Å². The largest absolute Gasteiger partial charge is 0.457 e. The molecule has 112 valence electrons. The summed E-state index contributed by atoms with van der Waals surface area (Å²) >= 11 is 0. The van der Waals surface area contributed by atoms with Crippen molar-refractivity contribution in [2.75, 3.05) is 6.54 Å². The van der Waals surface area contributed by atoms with E-state index >= 15 is 0 Å². The highest BCUT2D eigenvalue weighted by Crippen LogP contribution is 2.24. The van der Waals surface area contributed by atoms with Crippen molar-refractivity contribution in [3.8, 4) is 11.5 Å². The highest BCUT2D eigenvalue weighted by atomic mass is 16.5. The number of benzene rings is 2. The Labute approximate surface area is 130 Å². The minimum absolute atomic E-state index is 0.203. The van der Waals surface area contributed by atoms with Crippen LogP contribution in [0.4, 0.5) is 0 Å². The van der Waals surface area contributed by atoms with Gasteiger partial charge in [0.05, 0.1) is 0 Å². The first kappa shape index (κ1) is 14.4. The molecule has 0 aromatic heterocycles. The highest BCUT2D eigenvalue weighted by molar-refractivity contribution is 5.79. The van der Waals surface area contributed by atoms with Gasteiger partial charge in [-0.15, -0.1) is 6.58 Å². The van der Waals surface area contributed by atoms with E-state index in [1.807, 2.05) is 65.6 Å². The van der Waals surface area contributed by atoms with Gasteiger partial charge in [-0.25, -0.2) is 0 Å². The fourth-order valence-electron chi connectivity index (χ4n) is 2.62. The second-order valence-electron chi connectivity index (χ2n) is 5.53. The van der Waals surface area contributed by atoms with Crippen molar-refractivity contribution in [1.82, 2.24) is 4.90 Å². The van der Waals surface area contributed by atoms with Crippen LogP contribution in [0.5, 0.6) is 11.5 Å². The van der Waals surface area contributed by atoms with Crippen molar-refractivity contribution in [2.45, 2.75) is 13.0 Å². The molecule has 1 amide bonds. The lowest BCUT2D eigenvalue weighted by molar-refractivity contribution is -0.128. The van der Waals surface area contributed by atoms with E-state index in [2.05, 4.69) is 6.58 Å². The summed E-state index contributed by atoms with van der Waals surface area (Å²) in [5, 5.41) is 0. The van der Waals surface area contributed by atoms with E-state index in [9.17, 15) is 4.79 Å². The summed E-state index contributed by atoms with van der Waals surface area (Å²) < 4.78 is 5.77. The quantitative estimate of drug-likeness (QED) is 0.779. The highest BCUT2D eigenvalue weighted by Gasteiger charge is 2.27. The molecule has 0 aliphatic carbocycles. The molecule has 0 saturated carbocycles. The summed E-state index contributed by atoms with van der Waals surface area (Å²) in [5.41, 5.74) is 1.11. The first-order chi connectivity index (χ1) is 10.7. The Bertz CT molecular complexity index is 649. The van der Waals surface area contributed by atoms with Crippen molar-refractivity contribution in [3.63, 3.8) is 0 Å². The Kier molecular flexibility index (Phi) is 4.24. The molecule has 0 radical (unpaired) electrons. The third-order valence-electron chi connectivity index (χ3n) is 3.85. The Morgan fingerprint density at radius 1 is 1.09 bits per heavy atom. The minimum Gasteiger partial charge on any atom is -0.457 e. The van der Waals surface area contributed by atoms with Crippen molar-refractivity contribution in [2.24, 2.45) is 5.92 Å². The van der Waals surface area contributed by atoms with Gasteiger partial charge in [0.2, 0.25) is 5.91 Å². The van der Waals surface area contributed by atoms with Crippen molar-refractivity contribution >= 4 is 5.91 Å². The molecule has 2 aromatic carbocycles. The van der Waals surface area contributed by atoms with E-state index < -0.39 is 0 Å². The standard InChI is InChI=1S/C19H19NO2/c1-2-15-12-19(21)20(13-15)14-16-8-10-18(11-9-16)22-17-6-4-3-5-7-17/h2-11,15H,1,12-14H2. The van der Waals surface area contributed by atoms with Gasteiger partial charge in [0.15, 0.2) is 0 Å². The molecule has 1 atom stereocenters. The lowest BCUT2D eigenvalue weighted by Crippen LogP contribution is -2.24. The summed E-state index contributed by atoms with van der Waals surface area (Å²) in [6.07, 6.45) is 2.45. The fourth-order valence-corrected chi connectivity index (χ4v) is 2.62. The third-order valence-corrected chi connectivity index (χ3v) is 3.85. The predicted octanol–water partition coefficient (Wildman–Crippen LogP) is 4.01. The van der Waals surface area contributed by atoms with Crippen molar-refractivity contribution in [1.29, 1.82) is 0 Å². The zero-order valence-electron chi connectivity index (χ0n) is 12.4. The first-order valence-corrected chi connectivity index (χ1v) is 7.47. The smallest absolute Gasteiger partial charge is 0.223 e. The molecule has 1 aliphatic heterocycles. The number of hydrogen-bond donors (Lipinski definition) is 0. The van der Waals surface area contributed by atoms with E-state index in [0.717, 1.165) is 23.6 Å². The number of carbonyl (C=O) groups is 1. The van der Waals surface area contributed by atoms with E-state index in [4.69, 9.17) is 4.74 Å². The first-order valence-electron chi connectivity index (χ1n) is 7.47. The normalized spacial score (nSPS) is 17.5. The molecule has 3 nitrogen and oxygen atoms in total. The molecule has 1 aliphatic rings. The van der Waals surface area contributed by atoms with Crippen LogP contribution in [0.25, 0.3) is 0 Å². The second-order valence-corrected chi connectivity index (χ2v) is 5.53. The lowest BCUT2D eigenvalue weighted by atomic mass is 10.1. The van der Waals surface area contributed by atoms with Gasteiger partial charge in [-0.1, -0.05) is 36.4 Å². The maximum Gasteiger partial charge on any atom is 0.223 e. The van der Waals surface area contributed by atoms with Crippen LogP contribution in [0, 0.1) is 5.92 Å². The van der Waals surface area contributed by atoms with Crippen LogP contribution < -0.4 is 4.74 Å². The van der Waals surface area contributed by atoms with Gasteiger partial charge in [0, 0.05) is 25.4 Å². The molecule has 0 N–H and O–H groups in total. The van der Waals surface area contributed by atoms with Crippen LogP contribution in [0.15, 0.2) is 67.3 Å². The number of rotatable bonds is 5. The van der Waals surface area contributed by atoms with Crippen molar-refractivity contribution in [3.05, 3.63) is 72.8 Å². The van der Waals surface area contributed by atoms with Gasteiger partial charge < -0.3 is 9.64 Å². The second kappa shape index (κ2) is 6.48. The summed E-state index contributed by atoms with van der Waals surface area (Å²) in [7, 11) is 0. The minimum atomic E-state index is 0.203. The van der Waals surface area contributed by atoms with E-state index in [1.54, 1.807) is 0 Å². The monoisotopic (exact) mass is 293 g/mol. The van der Waals surface area contributed by atoms with Crippen LogP contribution in [-0.4, -0.2) is 17.4 Å². The van der Waals surface area contributed by atoms with Gasteiger partial charge in [-0.05, 0) is 29.8 Å². The number of likely N-dealkylation sites (tertiary alicyclic amines) is 1. The SMILES string of the molecule is C=CC1CC(=O)N(Cc2ccc(Oc3ccccc3)cc2)C1. The molecule has 1 unspecified atom stereocenters. The number of hydrogen-bond acceptors (Lipinski definition) is 2. The van der Waals surface area contributed by atoms with Gasteiger partial charge in [0.25, 0.3) is 0 Å². The molecule has 0 spiro atoms.